The maximum absolute atomic E-state index is 10.9. The Morgan fingerprint density at radius 3 is 2.46 bits per heavy atom. The quantitative estimate of drug-likeness (QED) is 0.458. The summed E-state index contributed by atoms with van der Waals surface area (Å²) in [6, 6.07) is 1.70. The molecule has 4 nitrogen and oxygen atoms in total. The van der Waals surface area contributed by atoms with Crippen LogP contribution in [-0.2, 0) is 14.3 Å². The first-order valence-electron chi connectivity index (χ1n) is 3.50. The summed E-state index contributed by atoms with van der Waals surface area (Å²) < 4.78 is 4.52. The van der Waals surface area contributed by atoms with Gasteiger partial charge in [0.2, 0.25) is 0 Å². The Hall–Kier alpha value is -1.89. The smallest absolute Gasteiger partial charge is 0.330 e. The molecule has 0 fully saturated rings. The van der Waals surface area contributed by atoms with E-state index in [4.69, 9.17) is 5.26 Å². The monoisotopic (exact) mass is 179 g/mol. The van der Waals surface area contributed by atoms with E-state index in [-0.39, 0.29) is 6.61 Å². The van der Waals surface area contributed by atoms with Crippen LogP contribution in [0.3, 0.4) is 0 Å². The van der Waals surface area contributed by atoms with E-state index >= 15 is 0 Å². The van der Waals surface area contributed by atoms with E-state index in [1.807, 2.05) is 0 Å². The molecule has 0 amide bonds. The maximum Gasteiger partial charge on any atom is 0.330 e. The van der Waals surface area contributed by atoms with Crippen molar-refractivity contribution in [1.82, 2.24) is 0 Å². The highest BCUT2D eigenvalue weighted by molar-refractivity contribution is 5.93. The van der Waals surface area contributed by atoms with E-state index in [2.05, 4.69) is 17.9 Å². The van der Waals surface area contributed by atoms with Gasteiger partial charge in [-0.2, -0.15) is 5.26 Å². The van der Waals surface area contributed by atoms with Crippen LogP contribution in [0.15, 0.2) is 25.3 Å². The zero-order valence-electron chi connectivity index (χ0n) is 7.03. The third kappa shape index (κ3) is 3.87. The predicted molar refractivity (Wildman–Crippen MR) is 45.5 cm³/mol. The van der Waals surface area contributed by atoms with E-state index in [1.54, 1.807) is 6.07 Å². The topological polar surface area (TPSA) is 67.2 Å². The molecule has 0 aliphatic rings. The first-order valence-corrected chi connectivity index (χ1v) is 3.50. The molecule has 0 aromatic rings. The fourth-order valence-corrected chi connectivity index (χ4v) is 0.550. The summed E-state index contributed by atoms with van der Waals surface area (Å²) in [7, 11) is 0. The van der Waals surface area contributed by atoms with Crippen molar-refractivity contribution in [2.24, 2.45) is 5.92 Å². The Labute approximate surface area is 76.1 Å². The number of carbonyl (C=O) groups is 2. The van der Waals surface area contributed by atoms with Gasteiger partial charge >= 0.3 is 5.97 Å². The van der Waals surface area contributed by atoms with Crippen molar-refractivity contribution in [1.29, 1.82) is 5.26 Å². The molecule has 0 radical (unpaired) electrons. The van der Waals surface area contributed by atoms with Crippen molar-refractivity contribution in [2.75, 3.05) is 6.61 Å². The minimum absolute atomic E-state index is 0.258. The van der Waals surface area contributed by atoms with Gasteiger partial charge in [0.1, 0.15) is 12.5 Å². The van der Waals surface area contributed by atoms with Crippen molar-refractivity contribution in [3.63, 3.8) is 0 Å². The number of nitrogens with zero attached hydrogens (tertiary/aromatic N) is 1. The van der Waals surface area contributed by atoms with Gasteiger partial charge < -0.3 is 4.74 Å². The Balaban J connectivity index is 4.09. The van der Waals surface area contributed by atoms with Gasteiger partial charge in [0.15, 0.2) is 5.78 Å². The summed E-state index contributed by atoms with van der Waals surface area (Å²) in [5, 5.41) is 8.48. The molecular weight excluding hydrogens is 170 g/mol. The fourth-order valence-electron chi connectivity index (χ4n) is 0.550. The number of carbonyl (C=O) groups excluding carboxylic acids is 2. The number of rotatable bonds is 5. The molecule has 0 aromatic carbocycles. The molecule has 0 aromatic heterocycles. The van der Waals surface area contributed by atoms with Crippen molar-refractivity contribution in [3.05, 3.63) is 25.3 Å². The number of hydrogen-bond donors (Lipinski definition) is 0. The first-order chi connectivity index (χ1) is 6.15. The second kappa shape index (κ2) is 5.72. The lowest BCUT2D eigenvalue weighted by Crippen LogP contribution is -2.18. The number of nitriles is 1. The molecule has 0 aliphatic carbocycles. The summed E-state index contributed by atoms with van der Waals surface area (Å²) in [5.74, 6) is -2.09. The van der Waals surface area contributed by atoms with Gasteiger partial charge in [-0.3, -0.25) is 4.79 Å². The molecule has 4 heteroatoms. The molecule has 0 aliphatic heterocycles. The van der Waals surface area contributed by atoms with Gasteiger partial charge in [-0.15, -0.1) is 0 Å². The van der Waals surface area contributed by atoms with Crippen LogP contribution in [0.1, 0.15) is 0 Å². The first kappa shape index (κ1) is 11.1. The van der Waals surface area contributed by atoms with Crippen molar-refractivity contribution < 1.29 is 14.3 Å². The number of allylic oxidation sites excluding steroid dienone is 1. The Morgan fingerprint density at radius 2 is 2.08 bits per heavy atom. The average Bonchev–Trinajstić information content (AvgIpc) is 2.17. The van der Waals surface area contributed by atoms with Crippen LogP contribution < -0.4 is 0 Å². The van der Waals surface area contributed by atoms with Crippen molar-refractivity contribution in [2.45, 2.75) is 0 Å². The molecule has 13 heavy (non-hydrogen) atoms. The number of hydrogen-bond acceptors (Lipinski definition) is 4. The molecule has 1 unspecified atom stereocenters. The van der Waals surface area contributed by atoms with E-state index < -0.39 is 17.7 Å². The molecule has 0 rings (SSSR count). The van der Waals surface area contributed by atoms with Crippen LogP contribution >= 0.6 is 0 Å². The predicted octanol–water partition coefficient (Wildman–Crippen LogP) is 0.610. The lowest BCUT2D eigenvalue weighted by molar-refractivity contribution is -0.139. The van der Waals surface area contributed by atoms with Crippen LogP contribution in [-0.4, -0.2) is 18.4 Å². The van der Waals surface area contributed by atoms with Crippen LogP contribution in [0.5, 0.6) is 0 Å². The minimum atomic E-state index is -0.971. The van der Waals surface area contributed by atoms with Gasteiger partial charge in [0.25, 0.3) is 0 Å². The number of ether oxygens (including phenoxy) is 1. The number of esters is 1. The highest BCUT2D eigenvalue weighted by atomic mass is 16.5. The molecule has 0 N–H and O–H groups in total. The third-order valence-electron chi connectivity index (χ3n) is 1.26. The second-order valence-corrected chi connectivity index (χ2v) is 2.12. The highest BCUT2D eigenvalue weighted by Gasteiger charge is 2.15. The molecule has 0 bridgehead atoms. The van der Waals surface area contributed by atoms with E-state index in [0.717, 1.165) is 12.2 Å². The van der Waals surface area contributed by atoms with Crippen LogP contribution in [0, 0.1) is 17.2 Å². The van der Waals surface area contributed by atoms with E-state index in [1.165, 1.54) is 0 Å². The normalized spacial score (nSPS) is 10.7. The summed E-state index contributed by atoms with van der Waals surface area (Å²) in [4.78, 5) is 21.4. The largest absolute Gasteiger partial charge is 0.461 e. The van der Waals surface area contributed by atoms with Crippen molar-refractivity contribution in [3.8, 4) is 6.07 Å². The van der Waals surface area contributed by atoms with Crippen molar-refractivity contribution >= 4 is 11.8 Å². The molecule has 1 atom stereocenters. The fraction of sp³-hybridized carbons (Fsp3) is 0.222. The Kier molecular flexibility index (Phi) is 4.89. The maximum atomic E-state index is 10.9. The lowest BCUT2D eigenvalue weighted by Gasteiger charge is -2.04. The third-order valence-corrected chi connectivity index (χ3v) is 1.26. The van der Waals surface area contributed by atoms with E-state index in [9.17, 15) is 9.59 Å². The zero-order chi connectivity index (χ0) is 10.3. The van der Waals surface area contributed by atoms with Gasteiger partial charge in [-0.25, -0.2) is 4.79 Å². The summed E-state index contributed by atoms with van der Waals surface area (Å²) in [6.45, 7) is 6.12. The SMILES string of the molecule is C=CC(=O)OCC(C#N)C(=O)C=C. The number of ketones is 1. The highest BCUT2D eigenvalue weighted by Crippen LogP contribution is 1.99. The molecular formula is C9H9NO3. The van der Waals surface area contributed by atoms with Gasteiger partial charge in [0, 0.05) is 6.08 Å². The van der Waals surface area contributed by atoms with E-state index in [0.29, 0.717) is 0 Å². The molecule has 0 saturated carbocycles. The summed E-state index contributed by atoms with van der Waals surface area (Å²) in [6.07, 6.45) is 1.99. The standard InChI is InChI=1S/C9H9NO3/c1-3-8(11)7(5-10)6-13-9(12)4-2/h3-4,7H,1-2,6H2. The average molecular weight is 179 g/mol. The van der Waals surface area contributed by atoms with Crippen LogP contribution in [0.25, 0.3) is 0 Å². The van der Waals surface area contributed by atoms with Crippen LogP contribution in [0.2, 0.25) is 0 Å². The summed E-state index contributed by atoms with van der Waals surface area (Å²) >= 11 is 0. The minimum Gasteiger partial charge on any atom is -0.461 e. The Morgan fingerprint density at radius 1 is 1.46 bits per heavy atom. The lowest BCUT2D eigenvalue weighted by atomic mass is 10.1. The summed E-state index contributed by atoms with van der Waals surface area (Å²) in [5.41, 5.74) is 0. The molecule has 0 saturated heterocycles. The Bertz CT molecular complexity index is 275. The van der Waals surface area contributed by atoms with Gasteiger partial charge in [-0.05, 0) is 6.08 Å². The molecule has 0 heterocycles. The van der Waals surface area contributed by atoms with Crippen LogP contribution in [0.4, 0.5) is 0 Å². The molecule has 68 valence electrons. The zero-order valence-corrected chi connectivity index (χ0v) is 7.03. The molecule has 0 spiro atoms. The van der Waals surface area contributed by atoms with Gasteiger partial charge in [0.05, 0.1) is 6.07 Å². The van der Waals surface area contributed by atoms with Gasteiger partial charge in [-0.1, -0.05) is 13.2 Å². The second-order valence-electron chi connectivity index (χ2n) is 2.12.